The Bertz CT molecular complexity index is 1710. The average Bonchev–Trinajstić information content (AvgIpc) is 3.22. The quantitative estimate of drug-likeness (QED) is 0.190. The monoisotopic (exact) mass is 413 g/mol. The molecule has 1 heterocycles. The van der Waals surface area contributed by atoms with Crippen LogP contribution in [0.15, 0.2) is 106 Å². The van der Waals surface area contributed by atoms with Gasteiger partial charge in [0.15, 0.2) is 5.84 Å². The second-order valence-corrected chi connectivity index (χ2v) is 7.81. The number of hydrogen-bond donors (Lipinski definition) is 2. The molecular weight excluding hydrogens is 394 g/mol. The maximum Gasteiger partial charge on any atom is 0.154 e. The van der Waals surface area contributed by atoms with Crippen LogP contribution in [0.5, 0.6) is 0 Å². The molecule has 32 heavy (non-hydrogen) atoms. The normalized spacial score (nSPS) is 12.2. The van der Waals surface area contributed by atoms with E-state index in [9.17, 15) is 0 Å². The number of rotatable bonds is 2. The number of para-hydroxylation sites is 1. The van der Waals surface area contributed by atoms with Crippen LogP contribution in [0.4, 0.5) is 0 Å². The van der Waals surface area contributed by atoms with Crippen molar-refractivity contribution in [3.05, 3.63) is 108 Å². The van der Waals surface area contributed by atoms with E-state index in [2.05, 4.69) is 23.2 Å². The molecule has 1 aromatic heterocycles. The Morgan fingerprint density at radius 3 is 2.16 bits per heavy atom. The number of amidine groups is 2. The van der Waals surface area contributed by atoms with Crippen LogP contribution in [-0.4, -0.2) is 11.7 Å². The van der Waals surface area contributed by atoms with E-state index in [-0.39, 0.29) is 5.84 Å². The highest BCUT2D eigenvalue weighted by Gasteiger charge is 2.15. The van der Waals surface area contributed by atoms with Gasteiger partial charge < -0.3 is 10.2 Å². The molecule has 0 spiro atoms. The summed E-state index contributed by atoms with van der Waals surface area (Å²) in [4.78, 5) is 4.55. The topological polar surface area (TPSA) is 75.4 Å². The summed E-state index contributed by atoms with van der Waals surface area (Å²) in [6.07, 6.45) is 0. The third-order valence-corrected chi connectivity index (χ3v) is 5.93. The number of nitrogens with one attached hydrogen (secondary N) is 1. The lowest BCUT2D eigenvalue weighted by atomic mass is 9.97. The molecule has 0 atom stereocenters. The summed E-state index contributed by atoms with van der Waals surface area (Å²) in [5, 5.41) is 15.0. The Morgan fingerprint density at radius 1 is 0.656 bits per heavy atom. The fraction of sp³-hybridized carbons (Fsp3) is 0. The average molecular weight is 413 g/mol. The van der Waals surface area contributed by atoms with Crippen LogP contribution < -0.4 is 5.73 Å². The van der Waals surface area contributed by atoms with E-state index >= 15 is 0 Å². The Hall–Kier alpha value is -4.44. The van der Waals surface area contributed by atoms with Gasteiger partial charge in [0.2, 0.25) is 0 Å². The number of nitrogens with two attached hydrogens (primary N) is 1. The minimum Gasteiger partial charge on any atom is -0.456 e. The summed E-state index contributed by atoms with van der Waals surface area (Å²) in [5.74, 6) is 0.429. The Labute approximate surface area is 184 Å². The van der Waals surface area contributed by atoms with Crippen LogP contribution in [0.2, 0.25) is 0 Å². The molecule has 4 nitrogen and oxygen atoms in total. The molecule has 0 amide bonds. The Balaban J connectivity index is 1.54. The summed E-state index contributed by atoms with van der Waals surface area (Å²) < 4.78 is 5.97. The smallest absolute Gasteiger partial charge is 0.154 e. The zero-order valence-electron chi connectivity index (χ0n) is 17.2. The first kappa shape index (κ1) is 18.3. The highest BCUT2D eigenvalue weighted by atomic mass is 16.3. The van der Waals surface area contributed by atoms with Crippen LogP contribution in [0.3, 0.4) is 0 Å². The maximum atomic E-state index is 8.81. The molecule has 5 aromatic carbocycles. The predicted molar refractivity (Wildman–Crippen MR) is 133 cm³/mol. The zero-order valence-corrected chi connectivity index (χ0v) is 17.2. The molecular formula is C28H19N3O. The Kier molecular flexibility index (Phi) is 4.05. The van der Waals surface area contributed by atoms with Crippen LogP contribution in [0.25, 0.3) is 43.5 Å². The van der Waals surface area contributed by atoms with Crippen molar-refractivity contribution < 1.29 is 4.42 Å². The summed E-state index contributed by atoms with van der Waals surface area (Å²) in [6, 6.07) is 32.0. The number of nitrogens with zero attached hydrogens (tertiary/aromatic N) is 1. The van der Waals surface area contributed by atoms with E-state index < -0.39 is 0 Å². The number of aliphatic imine (C=N–C) groups is 1. The van der Waals surface area contributed by atoms with Crippen molar-refractivity contribution in [3.63, 3.8) is 0 Å². The van der Waals surface area contributed by atoms with E-state index in [1.54, 1.807) is 0 Å². The largest absolute Gasteiger partial charge is 0.456 e. The fourth-order valence-electron chi connectivity index (χ4n) is 4.48. The summed E-state index contributed by atoms with van der Waals surface area (Å²) in [6.45, 7) is 0. The SMILES string of the molecule is N=C(N=C(N)c1cccc2oc3ccccc3c12)c1cc2ccccc2c2ccccc12. The minimum atomic E-state index is 0.134. The van der Waals surface area contributed by atoms with Gasteiger partial charge in [-0.2, -0.15) is 0 Å². The molecule has 4 heteroatoms. The van der Waals surface area contributed by atoms with E-state index in [4.69, 9.17) is 15.6 Å². The van der Waals surface area contributed by atoms with Crippen molar-refractivity contribution >= 4 is 55.2 Å². The molecule has 6 aromatic rings. The van der Waals surface area contributed by atoms with Gasteiger partial charge in [0, 0.05) is 21.9 Å². The first-order valence-corrected chi connectivity index (χ1v) is 10.4. The predicted octanol–water partition coefficient (Wildman–Crippen LogP) is 6.62. The van der Waals surface area contributed by atoms with Crippen molar-refractivity contribution in [2.45, 2.75) is 0 Å². The molecule has 0 saturated heterocycles. The van der Waals surface area contributed by atoms with E-state index in [1.807, 2.05) is 78.9 Å². The van der Waals surface area contributed by atoms with E-state index in [1.165, 1.54) is 0 Å². The molecule has 152 valence electrons. The number of benzene rings is 5. The molecule has 0 unspecified atom stereocenters. The van der Waals surface area contributed by atoms with E-state index in [0.29, 0.717) is 5.84 Å². The van der Waals surface area contributed by atoms with Gasteiger partial charge in [0.25, 0.3) is 0 Å². The zero-order chi connectivity index (χ0) is 21.7. The maximum absolute atomic E-state index is 8.81. The molecule has 0 aliphatic carbocycles. The van der Waals surface area contributed by atoms with Gasteiger partial charge in [-0.15, -0.1) is 0 Å². The van der Waals surface area contributed by atoms with Gasteiger partial charge in [-0.1, -0.05) is 78.9 Å². The third kappa shape index (κ3) is 2.77. The molecule has 0 saturated carbocycles. The molecule has 6 rings (SSSR count). The summed E-state index contributed by atoms with van der Waals surface area (Å²) >= 11 is 0. The van der Waals surface area contributed by atoms with Crippen molar-refractivity contribution in [3.8, 4) is 0 Å². The molecule has 0 aliphatic heterocycles. The molecule has 0 bridgehead atoms. The molecule has 3 N–H and O–H groups in total. The number of fused-ring (bicyclic) bond motifs is 6. The number of hydrogen-bond acceptors (Lipinski definition) is 2. The molecule has 0 radical (unpaired) electrons. The van der Waals surface area contributed by atoms with Crippen molar-refractivity contribution in [1.29, 1.82) is 5.41 Å². The highest BCUT2D eigenvalue weighted by molar-refractivity contribution is 6.23. The van der Waals surface area contributed by atoms with Gasteiger partial charge in [-0.05, 0) is 39.7 Å². The molecule has 0 fully saturated rings. The minimum absolute atomic E-state index is 0.134. The van der Waals surface area contributed by atoms with Crippen LogP contribution in [0, 0.1) is 5.41 Å². The number of furan rings is 1. The second-order valence-electron chi connectivity index (χ2n) is 7.81. The van der Waals surface area contributed by atoms with Gasteiger partial charge >= 0.3 is 0 Å². The van der Waals surface area contributed by atoms with Crippen LogP contribution in [0.1, 0.15) is 11.1 Å². The first-order valence-electron chi connectivity index (χ1n) is 10.4. The third-order valence-electron chi connectivity index (χ3n) is 5.93. The second kappa shape index (κ2) is 7.06. The standard InChI is InChI=1S/C28H19N3O/c29-27(22-13-7-15-25-26(22)21-12-5-6-14-24(21)32-25)31-28(30)23-16-17-8-1-2-9-18(17)19-10-3-4-11-20(19)23/h1-16H,(H3,29,30,31). The van der Waals surface area contributed by atoms with Crippen LogP contribution in [-0.2, 0) is 0 Å². The lowest BCUT2D eigenvalue weighted by Gasteiger charge is -2.10. The van der Waals surface area contributed by atoms with Gasteiger partial charge in [-0.25, -0.2) is 4.99 Å². The molecule has 0 aliphatic rings. The van der Waals surface area contributed by atoms with Gasteiger partial charge in [0.1, 0.15) is 17.0 Å². The highest BCUT2D eigenvalue weighted by Crippen LogP contribution is 2.32. The van der Waals surface area contributed by atoms with Crippen molar-refractivity contribution in [2.24, 2.45) is 10.7 Å². The van der Waals surface area contributed by atoms with E-state index in [0.717, 1.165) is 54.6 Å². The van der Waals surface area contributed by atoms with Crippen molar-refractivity contribution in [2.75, 3.05) is 0 Å². The van der Waals surface area contributed by atoms with Gasteiger partial charge in [0.05, 0.1) is 0 Å². The van der Waals surface area contributed by atoms with Crippen LogP contribution >= 0.6 is 0 Å². The van der Waals surface area contributed by atoms with Crippen molar-refractivity contribution in [1.82, 2.24) is 0 Å². The lowest BCUT2D eigenvalue weighted by Crippen LogP contribution is -2.16. The summed E-state index contributed by atoms with van der Waals surface area (Å²) in [5.41, 5.74) is 9.55. The fourth-order valence-corrected chi connectivity index (χ4v) is 4.48. The Morgan fingerprint density at radius 2 is 1.31 bits per heavy atom. The summed E-state index contributed by atoms with van der Waals surface area (Å²) in [7, 11) is 0. The first-order chi connectivity index (χ1) is 15.7. The van der Waals surface area contributed by atoms with Gasteiger partial charge in [-0.3, -0.25) is 5.41 Å². The lowest BCUT2D eigenvalue weighted by molar-refractivity contribution is 0.669.